The topological polar surface area (TPSA) is 59.7 Å². The second-order valence-corrected chi connectivity index (χ2v) is 5.44. The first-order valence-corrected chi connectivity index (χ1v) is 7.31. The Hall–Kier alpha value is -2.76. The first kappa shape index (κ1) is 12.9. The van der Waals surface area contributed by atoms with Crippen molar-refractivity contribution in [2.75, 3.05) is 18.0 Å². The zero-order valence-electron chi connectivity index (χ0n) is 12.3. The van der Waals surface area contributed by atoms with Crippen molar-refractivity contribution >= 4 is 5.82 Å². The third-order valence-corrected chi connectivity index (χ3v) is 3.86. The van der Waals surface area contributed by atoms with Crippen LogP contribution < -0.4 is 4.90 Å². The van der Waals surface area contributed by atoms with Crippen LogP contribution in [0.25, 0.3) is 5.82 Å². The van der Waals surface area contributed by atoms with Crippen LogP contribution in [0.4, 0.5) is 5.82 Å². The minimum Gasteiger partial charge on any atom is -0.355 e. The molecule has 110 valence electrons. The summed E-state index contributed by atoms with van der Waals surface area (Å²) in [4.78, 5) is 15.7. The van der Waals surface area contributed by atoms with Crippen molar-refractivity contribution in [2.45, 2.75) is 12.8 Å². The van der Waals surface area contributed by atoms with E-state index in [0.717, 1.165) is 36.2 Å². The minimum atomic E-state index is 0.477. The van der Waals surface area contributed by atoms with Crippen molar-refractivity contribution in [2.24, 2.45) is 0 Å². The van der Waals surface area contributed by atoms with E-state index in [1.807, 2.05) is 43.6 Å². The van der Waals surface area contributed by atoms with Crippen LogP contribution in [0, 0.1) is 6.92 Å². The summed E-state index contributed by atoms with van der Waals surface area (Å²) in [5.41, 5.74) is 1.15. The van der Waals surface area contributed by atoms with E-state index in [4.69, 9.17) is 0 Å². The van der Waals surface area contributed by atoms with Gasteiger partial charge in [-0.05, 0) is 25.1 Å². The molecule has 1 aliphatic heterocycles. The second-order valence-electron chi connectivity index (χ2n) is 5.44. The van der Waals surface area contributed by atoms with Gasteiger partial charge < -0.3 is 4.90 Å². The zero-order valence-corrected chi connectivity index (χ0v) is 12.3. The summed E-state index contributed by atoms with van der Waals surface area (Å²) in [5, 5.41) is 4.23. The van der Waals surface area contributed by atoms with Gasteiger partial charge in [-0.25, -0.2) is 14.6 Å². The largest absolute Gasteiger partial charge is 0.355 e. The maximum Gasteiger partial charge on any atom is 0.159 e. The predicted molar refractivity (Wildman–Crippen MR) is 83.1 cm³/mol. The number of pyridine rings is 1. The van der Waals surface area contributed by atoms with Crippen molar-refractivity contribution in [3.8, 4) is 5.82 Å². The number of rotatable bonds is 3. The summed E-state index contributed by atoms with van der Waals surface area (Å²) in [6, 6.07) is 9.94. The average Bonchev–Trinajstić information content (AvgIpc) is 3.00. The summed E-state index contributed by atoms with van der Waals surface area (Å²) < 4.78 is 1.76. The molecule has 4 rings (SSSR count). The standard InChI is InChI=1S/C16H16N6/c1-12-19-15(9-16(20-12)22-8-4-7-18-22)21-10-13(11-21)14-5-2-3-6-17-14/h2-9,13H,10-11H2,1H3. The molecule has 6 nitrogen and oxygen atoms in total. The van der Waals surface area contributed by atoms with E-state index in [9.17, 15) is 0 Å². The number of aromatic nitrogens is 5. The summed E-state index contributed by atoms with van der Waals surface area (Å²) in [5.74, 6) is 2.98. The van der Waals surface area contributed by atoms with E-state index >= 15 is 0 Å². The van der Waals surface area contributed by atoms with Crippen LogP contribution in [-0.2, 0) is 0 Å². The molecule has 0 N–H and O–H groups in total. The van der Waals surface area contributed by atoms with Crippen LogP contribution in [0.3, 0.4) is 0 Å². The number of nitrogens with zero attached hydrogens (tertiary/aromatic N) is 6. The molecule has 3 aromatic heterocycles. The van der Waals surface area contributed by atoms with Crippen LogP contribution in [0.1, 0.15) is 17.4 Å². The lowest BCUT2D eigenvalue weighted by atomic mass is 9.96. The quantitative estimate of drug-likeness (QED) is 0.738. The molecule has 0 aliphatic carbocycles. The molecule has 22 heavy (non-hydrogen) atoms. The molecule has 1 aliphatic rings. The molecule has 0 bridgehead atoms. The fourth-order valence-corrected chi connectivity index (χ4v) is 2.69. The van der Waals surface area contributed by atoms with Gasteiger partial charge in [0.25, 0.3) is 0 Å². The molecule has 0 spiro atoms. The van der Waals surface area contributed by atoms with E-state index in [0.29, 0.717) is 5.92 Å². The molecule has 6 heteroatoms. The highest BCUT2D eigenvalue weighted by molar-refractivity contribution is 5.48. The van der Waals surface area contributed by atoms with Crippen LogP contribution in [-0.4, -0.2) is 37.8 Å². The van der Waals surface area contributed by atoms with Gasteiger partial charge in [-0.15, -0.1) is 0 Å². The first-order chi connectivity index (χ1) is 10.8. The Morgan fingerprint density at radius 3 is 2.64 bits per heavy atom. The molecule has 0 saturated carbocycles. The smallest absolute Gasteiger partial charge is 0.159 e. The van der Waals surface area contributed by atoms with Gasteiger partial charge in [-0.1, -0.05) is 6.07 Å². The third-order valence-electron chi connectivity index (χ3n) is 3.86. The lowest BCUT2D eigenvalue weighted by molar-refractivity contribution is 0.508. The Balaban J connectivity index is 1.55. The first-order valence-electron chi connectivity index (χ1n) is 7.31. The average molecular weight is 292 g/mol. The van der Waals surface area contributed by atoms with Gasteiger partial charge >= 0.3 is 0 Å². The molecule has 0 aromatic carbocycles. The summed E-state index contributed by atoms with van der Waals surface area (Å²) >= 11 is 0. The zero-order chi connectivity index (χ0) is 14.9. The molecule has 3 aromatic rings. The van der Waals surface area contributed by atoms with Crippen LogP contribution in [0.2, 0.25) is 0 Å². The SMILES string of the molecule is Cc1nc(N2CC(c3ccccn3)C2)cc(-n2cccn2)n1. The van der Waals surface area contributed by atoms with Crippen molar-refractivity contribution in [3.63, 3.8) is 0 Å². The van der Waals surface area contributed by atoms with E-state index in [2.05, 4.69) is 31.0 Å². The van der Waals surface area contributed by atoms with Crippen LogP contribution >= 0.6 is 0 Å². The summed E-state index contributed by atoms with van der Waals surface area (Å²) in [6.07, 6.45) is 5.48. The van der Waals surface area contributed by atoms with E-state index in [1.165, 1.54) is 0 Å². The highest BCUT2D eigenvalue weighted by Crippen LogP contribution is 2.29. The molecule has 0 unspecified atom stereocenters. The molecule has 1 saturated heterocycles. The maximum atomic E-state index is 4.55. The number of hydrogen-bond acceptors (Lipinski definition) is 5. The fraction of sp³-hybridized carbons (Fsp3) is 0.250. The van der Waals surface area contributed by atoms with E-state index < -0.39 is 0 Å². The number of hydrogen-bond donors (Lipinski definition) is 0. The predicted octanol–water partition coefficient (Wildman–Crippen LogP) is 1.97. The highest BCUT2D eigenvalue weighted by atomic mass is 15.3. The van der Waals surface area contributed by atoms with Gasteiger partial charge in [0.2, 0.25) is 0 Å². The molecular formula is C16H16N6. The lowest BCUT2D eigenvalue weighted by Crippen LogP contribution is -2.46. The van der Waals surface area contributed by atoms with E-state index in [1.54, 1.807) is 10.9 Å². The van der Waals surface area contributed by atoms with Gasteiger partial charge in [-0.2, -0.15) is 5.10 Å². The Kier molecular flexibility index (Phi) is 3.07. The van der Waals surface area contributed by atoms with Gasteiger partial charge in [0.1, 0.15) is 11.6 Å². The van der Waals surface area contributed by atoms with Crippen molar-refractivity contribution in [3.05, 3.63) is 60.4 Å². The molecule has 0 atom stereocenters. The van der Waals surface area contributed by atoms with Gasteiger partial charge in [0, 0.05) is 49.4 Å². The fourth-order valence-electron chi connectivity index (χ4n) is 2.69. The van der Waals surface area contributed by atoms with Crippen molar-refractivity contribution < 1.29 is 0 Å². The van der Waals surface area contributed by atoms with Gasteiger partial charge in [0.05, 0.1) is 0 Å². The van der Waals surface area contributed by atoms with E-state index in [-0.39, 0.29) is 0 Å². The van der Waals surface area contributed by atoms with Gasteiger partial charge in [0.15, 0.2) is 5.82 Å². The Morgan fingerprint density at radius 1 is 1.05 bits per heavy atom. The Morgan fingerprint density at radius 2 is 1.91 bits per heavy atom. The van der Waals surface area contributed by atoms with Crippen LogP contribution in [0.5, 0.6) is 0 Å². The normalized spacial score (nSPS) is 14.9. The molecule has 0 amide bonds. The van der Waals surface area contributed by atoms with Crippen LogP contribution in [0.15, 0.2) is 48.9 Å². The summed E-state index contributed by atoms with van der Waals surface area (Å²) in [6.45, 7) is 3.78. The third kappa shape index (κ3) is 2.32. The van der Waals surface area contributed by atoms with Gasteiger partial charge in [-0.3, -0.25) is 4.98 Å². The van der Waals surface area contributed by atoms with Crippen molar-refractivity contribution in [1.82, 2.24) is 24.7 Å². The number of anilines is 1. The Bertz CT molecular complexity index is 763. The molecule has 4 heterocycles. The molecule has 0 radical (unpaired) electrons. The highest BCUT2D eigenvalue weighted by Gasteiger charge is 2.30. The maximum absolute atomic E-state index is 4.55. The lowest BCUT2D eigenvalue weighted by Gasteiger charge is -2.39. The minimum absolute atomic E-state index is 0.477. The molecule has 1 fully saturated rings. The van der Waals surface area contributed by atoms with Crippen molar-refractivity contribution in [1.29, 1.82) is 0 Å². The monoisotopic (exact) mass is 292 g/mol. The summed E-state index contributed by atoms with van der Waals surface area (Å²) in [7, 11) is 0. The second kappa shape index (κ2) is 5.22. The number of aryl methyl sites for hydroxylation is 1. The Labute approximate surface area is 128 Å². The molecular weight excluding hydrogens is 276 g/mol.